The van der Waals surface area contributed by atoms with Crippen molar-refractivity contribution < 1.29 is 9.15 Å². The molecule has 146 valence electrons. The van der Waals surface area contributed by atoms with E-state index in [0.29, 0.717) is 16.7 Å². The van der Waals surface area contributed by atoms with Gasteiger partial charge in [0.15, 0.2) is 0 Å². The molecule has 2 rings (SSSR count). The van der Waals surface area contributed by atoms with Gasteiger partial charge in [0.1, 0.15) is 16.3 Å². The van der Waals surface area contributed by atoms with Gasteiger partial charge in [-0.1, -0.05) is 53.1 Å². The van der Waals surface area contributed by atoms with E-state index in [4.69, 9.17) is 9.15 Å². The van der Waals surface area contributed by atoms with Crippen molar-refractivity contribution in [2.24, 2.45) is 0 Å². The van der Waals surface area contributed by atoms with Crippen molar-refractivity contribution in [1.82, 2.24) is 0 Å². The molecule has 2 bridgehead atoms. The molecule has 1 aromatic heterocycles. The van der Waals surface area contributed by atoms with Crippen molar-refractivity contribution in [1.29, 1.82) is 0 Å². The molecule has 0 amide bonds. The van der Waals surface area contributed by atoms with Gasteiger partial charge in [-0.15, -0.1) is 5.92 Å². The minimum absolute atomic E-state index is 0.0876. The summed E-state index contributed by atoms with van der Waals surface area (Å²) >= 11 is 7.04. The third kappa shape index (κ3) is 7.71. The lowest BCUT2D eigenvalue weighted by Gasteiger charge is -2.21. The maximum atomic E-state index is 12.3. The molecule has 0 aromatic carbocycles. The van der Waals surface area contributed by atoms with Crippen molar-refractivity contribution in [3.05, 3.63) is 50.8 Å². The Morgan fingerprint density at radius 3 is 2.81 bits per heavy atom. The molecule has 2 atom stereocenters. The van der Waals surface area contributed by atoms with Gasteiger partial charge in [-0.2, -0.15) is 0 Å². The molecular formula is C22H26Br2O3. The lowest BCUT2D eigenvalue weighted by Crippen LogP contribution is -2.27. The van der Waals surface area contributed by atoms with Crippen LogP contribution in [0.5, 0.6) is 5.95 Å². The molecule has 0 spiro atoms. The number of hydrogen-bond donors (Lipinski definition) is 0. The first kappa shape index (κ1) is 22.0. The van der Waals surface area contributed by atoms with Gasteiger partial charge in [-0.3, -0.25) is 4.79 Å². The summed E-state index contributed by atoms with van der Waals surface area (Å²) in [4.78, 5) is 12.4. The number of rotatable bonds is 1. The zero-order valence-corrected chi connectivity index (χ0v) is 18.9. The summed E-state index contributed by atoms with van der Waals surface area (Å²) in [5, 5.41) is 0. The van der Waals surface area contributed by atoms with E-state index in [0.717, 1.165) is 44.9 Å². The van der Waals surface area contributed by atoms with Crippen LogP contribution in [0.3, 0.4) is 0 Å². The zero-order valence-electron chi connectivity index (χ0n) is 15.7. The lowest BCUT2D eigenvalue weighted by atomic mass is 10.1. The van der Waals surface area contributed by atoms with Crippen LogP contribution in [0.15, 0.2) is 44.1 Å². The van der Waals surface area contributed by atoms with Crippen molar-refractivity contribution in [3.8, 4) is 17.8 Å². The first-order valence-corrected chi connectivity index (χ1v) is 11.2. The Morgan fingerprint density at radius 2 is 2.00 bits per heavy atom. The monoisotopic (exact) mass is 496 g/mol. The predicted molar refractivity (Wildman–Crippen MR) is 118 cm³/mol. The van der Waals surface area contributed by atoms with Gasteiger partial charge in [0.05, 0.1) is 4.83 Å². The average molecular weight is 498 g/mol. The van der Waals surface area contributed by atoms with E-state index >= 15 is 0 Å². The molecule has 1 aliphatic heterocycles. The van der Waals surface area contributed by atoms with Crippen LogP contribution in [0.25, 0.3) is 0 Å². The third-order valence-electron chi connectivity index (χ3n) is 4.26. The topological polar surface area (TPSA) is 39.4 Å². The Labute approximate surface area is 178 Å². The first-order valence-electron chi connectivity index (χ1n) is 9.50. The Kier molecular flexibility index (Phi) is 10.0. The van der Waals surface area contributed by atoms with E-state index in [-0.39, 0.29) is 22.3 Å². The fourth-order valence-corrected chi connectivity index (χ4v) is 3.70. The summed E-state index contributed by atoms with van der Waals surface area (Å²) in [6.07, 6.45) is 15.3. The summed E-state index contributed by atoms with van der Waals surface area (Å²) < 4.78 is 12.3. The second-order valence-electron chi connectivity index (χ2n) is 6.44. The molecule has 1 aliphatic rings. The van der Waals surface area contributed by atoms with E-state index in [1.165, 1.54) is 0 Å². The molecule has 0 fully saturated rings. The lowest BCUT2D eigenvalue weighted by molar-refractivity contribution is 0.142. The molecule has 5 heteroatoms. The number of fused-ring (bicyclic) bond motifs is 2. The van der Waals surface area contributed by atoms with Crippen LogP contribution in [0.4, 0.5) is 0 Å². The highest BCUT2D eigenvalue weighted by molar-refractivity contribution is 9.10. The van der Waals surface area contributed by atoms with Crippen LogP contribution in [0.1, 0.15) is 57.6 Å². The normalized spacial score (nSPS) is 21.9. The van der Waals surface area contributed by atoms with E-state index in [9.17, 15) is 4.79 Å². The summed E-state index contributed by atoms with van der Waals surface area (Å²) in [5.41, 5.74) is -0.108. The van der Waals surface area contributed by atoms with Crippen LogP contribution >= 0.6 is 31.9 Å². The van der Waals surface area contributed by atoms with Crippen LogP contribution in [0.2, 0.25) is 0 Å². The third-order valence-corrected chi connectivity index (χ3v) is 5.94. The van der Waals surface area contributed by atoms with Crippen molar-refractivity contribution in [2.45, 2.75) is 69.2 Å². The molecule has 0 saturated carbocycles. The standard InChI is InChI=1S/C22H26Br2O3/c1-2-20-18(23)15-13-11-9-7-5-3-4-6-8-10-12-14-17-16-19(25)21(24)22(26-17)27-20/h5,7,11,13,16,18,20H,2-3,8-10,12,14-15H2,1H3. The fourth-order valence-electron chi connectivity index (χ4n) is 2.72. The van der Waals surface area contributed by atoms with E-state index < -0.39 is 0 Å². The molecule has 0 radical (unpaired) electrons. The smallest absolute Gasteiger partial charge is 0.303 e. The molecular weight excluding hydrogens is 472 g/mol. The SMILES string of the molecule is CCC1Oc2oc(cc(=O)c2Br)CCCCC#CCC=CCC=CCC1Br. The van der Waals surface area contributed by atoms with E-state index in [1.54, 1.807) is 6.07 Å². The van der Waals surface area contributed by atoms with E-state index in [2.05, 4.69) is 74.9 Å². The highest BCUT2D eigenvalue weighted by Crippen LogP contribution is 2.28. The summed E-state index contributed by atoms with van der Waals surface area (Å²) in [6, 6.07) is 1.55. The Bertz CT molecular complexity index is 768. The Morgan fingerprint density at radius 1 is 1.19 bits per heavy atom. The summed E-state index contributed by atoms with van der Waals surface area (Å²) in [5.74, 6) is 7.31. The van der Waals surface area contributed by atoms with Crippen LogP contribution in [-0.4, -0.2) is 10.9 Å². The molecule has 0 aliphatic carbocycles. The number of hydrogen-bond acceptors (Lipinski definition) is 3. The molecule has 2 heterocycles. The molecule has 0 N–H and O–H groups in total. The maximum absolute atomic E-state index is 12.3. The summed E-state index contributed by atoms with van der Waals surface area (Å²) in [6.45, 7) is 2.07. The molecule has 3 nitrogen and oxygen atoms in total. The molecule has 1 aromatic rings. The predicted octanol–water partition coefficient (Wildman–Crippen LogP) is 6.34. The maximum Gasteiger partial charge on any atom is 0.303 e. The van der Waals surface area contributed by atoms with Gasteiger partial charge in [-0.05, 0) is 48.0 Å². The second kappa shape index (κ2) is 12.3. The number of alkyl halides is 1. The average Bonchev–Trinajstić information content (AvgIpc) is 2.66. The molecule has 0 saturated heterocycles. The Balaban J connectivity index is 2.20. The largest absolute Gasteiger partial charge is 0.460 e. The van der Waals surface area contributed by atoms with Gasteiger partial charge in [0, 0.05) is 25.3 Å². The van der Waals surface area contributed by atoms with Gasteiger partial charge < -0.3 is 9.15 Å². The number of allylic oxidation sites excluding steroid dienone is 4. The van der Waals surface area contributed by atoms with Gasteiger partial charge in [0.25, 0.3) is 0 Å². The van der Waals surface area contributed by atoms with Gasteiger partial charge >= 0.3 is 5.95 Å². The quantitative estimate of drug-likeness (QED) is 0.258. The van der Waals surface area contributed by atoms with Gasteiger partial charge in [0.2, 0.25) is 5.43 Å². The highest BCUT2D eigenvalue weighted by Gasteiger charge is 2.21. The second-order valence-corrected chi connectivity index (χ2v) is 8.41. The van der Waals surface area contributed by atoms with Crippen molar-refractivity contribution >= 4 is 31.9 Å². The molecule has 27 heavy (non-hydrogen) atoms. The highest BCUT2D eigenvalue weighted by atomic mass is 79.9. The van der Waals surface area contributed by atoms with E-state index in [1.807, 2.05) is 0 Å². The summed E-state index contributed by atoms with van der Waals surface area (Å²) in [7, 11) is 0. The zero-order chi connectivity index (χ0) is 19.5. The minimum atomic E-state index is -0.108. The van der Waals surface area contributed by atoms with Crippen molar-refractivity contribution in [2.75, 3.05) is 0 Å². The minimum Gasteiger partial charge on any atom is -0.460 e. The fraction of sp³-hybridized carbons (Fsp3) is 0.500. The number of ether oxygens (including phenoxy) is 1. The van der Waals surface area contributed by atoms with Crippen LogP contribution < -0.4 is 10.2 Å². The van der Waals surface area contributed by atoms with Crippen LogP contribution in [-0.2, 0) is 6.42 Å². The first-order chi connectivity index (χ1) is 13.1. The Hall–Kier alpha value is -1.25. The number of aryl methyl sites for hydroxylation is 1. The van der Waals surface area contributed by atoms with Crippen molar-refractivity contribution in [3.63, 3.8) is 0 Å². The molecule has 2 unspecified atom stereocenters. The number of halogens is 2. The van der Waals surface area contributed by atoms with Gasteiger partial charge in [-0.25, -0.2) is 0 Å². The van der Waals surface area contributed by atoms with Crippen LogP contribution in [0, 0.1) is 11.8 Å².